The summed E-state index contributed by atoms with van der Waals surface area (Å²) in [6.45, 7) is 6.30. The number of aryl methyl sites for hydroxylation is 3. The molecule has 0 fully saturated rings. The first-order chi connectivity index (χ1) is 9.49. The molecule has 0 spiro atoms. The van der Waals surface area contributed by atoms with Crippen LogP contribution in [-0.4, -0.2) is 7.11 Å². The van der Waals surface area contributed by atoms with Gasteiger partial charge in [0.2, 0.25) is 0 Å². The third-order valence-corrected chi connectivity index (χ3v) is 3.55. The van der Waals surface area contributed by atoms with Crippen LogP contribution in [0.5, 0.6) is 5.75 Å². The lowest BCUT2D eigenvalue weighted by molar-refractivity contribution is 0.408. The fourth-order valence-corrected chi connectivity index (χ4v) is 2.65. The van der Waals surface area contributed by atoms with Crippen LogP contribution in [-0.2, 0) is 6.42 Å². The van der Waals surface area contributed by atoms with Crippen molar-refractivity contribution >= 4 is 0 Å². The van der Waals surface area contributed by atoms with Gasteiger partial charge in [0.05, 0.1) is 7.11 Å². The molecule has 106 valence electrons. The number of benzene rings is 2. The van der Waals surface area contributed by atoms with Gasteiger partial charge in [-0.25, -0.2) is 0 Å². The molecule has 1 unspecified atom stereocenters. The fraction of sp³-hybridized carbons (Fsp3) is 0.333. The summed E-state index contributed by atoms with van der Waals surface area (Å²) in [4.78, 5) is 0. The first-order valence-corrected chi connectivity index (χ1v) is 6.97. The Morgan fingerprint density at radius 2 is 1.60 bits per heavy atom. The third kappa shape index (κ3) is 3.40. The van der Waals surface area contributed by atoms with Crippen molar-refractivity contribution in [3.05, 3.63) is 64.2 Å². The normalized spacial score (nSPS) is 12.2. The maximum atomic E-state index is 6.38. The Hall–Kier alpha value is -1.80. The van der Waals surface area contributed by atoms with Crippen molar-refractivity contribution in [2.45, 2.75) is 33.2 Å². The van der Waals surface area contributed by atoms with Crippen LogP contribution in [0.2, 0.25) is 0 Å². The molecule has 2 aromatic carbocycles. The highest BCUT2D eigenvalue weighted by molar-refractivity contribution is 5.39. The van der Waals surface area contributed by atoms with Crippen LogP contribution in [0.3, 0.4) is 0 Å². The van der Waals surface area contributed by atoms with E-state index in [0.717, 1.165) is 12.2 Å². The summed E-state index contributed by atoms with van der Waals surface area (Å²) >= 11 is 0. The van der Waals surface area contributed by atoms with E-state index in [0.29, 0.717) is 0 Å². The molecule has 0 aromatic heterocycles. The Morgan fingerprint density at radius 1 is 0.950 bits per heavy atom. The topological polar surface area (TPSA) is 35.2 Å². The van der Waals surface area contributed by atoms with Crippen molar-refractivity contribution < 1.29 is 4.74 Å². The van der Waals surface area contributed by atoms with Gasteiger partial charge in [-0.1, -0.05) is 47.0 Å². The molecule has 0 amide bonds. The molecule has 2 N–H and O–H groups in total. The maximum absolute atomic E-state index is 6.38. The van der Waals surface area contributed by atoms with Gasteiger partial charge in [-0.05, 0) is 44.4 Å². The summed E-state index contributed by atoms with van der Waals surface area (Å²) in [5.74, 6) is 0.912. The van der Waals surface area contributed by atoms with Crippen molar-refractivity contribution in [1.82, 2.24) is 0 Å². The lowest BCUT2D eigenvalue weighted by Gasteiger charge is -2.16. The molecule has 0 bridgehead atoms. The van der Waals surface area contributed by atoms with Crippen LogP contribution < -0.4 is 10.5 Å². The number of hydrogen-bond acceptors (Lipinski definition) is 2. The highest BCUT2D eigenvalue weighted by Gasteiger charge is 2.12. The smallest absolute Gasteiger partial charge is 0.122 e. The zero-order chi connectivity index (χ0) is 14.7. The molecule has 2 nitrogen and oxygen atoms in total. The Morgan fingerprint density at radius 3 is 2.20 bits per heavy atom. The SMILES string of the molecule is COc1ccc(C)cc1CC(N)c1cc(C)cc(C)c1. The molecule has 1 atom stereocenters. The minimum absolute atomic E-state index is 0.00991. The predicted molar refractivity (Wildman–Crippen MR) is 84.3 cm³/mol. The maximum Gasteiger partial charge on any atom is 0.122 e. The quantitative estimate of drug-likeness (QED) is 0.914. The van der Waals surface area contributed by atoms with E-state index in [4.69, 9.17) is 10.5 Å². The summed E-state index contributed by atoms with van der Waals surface area (Å²) in [6.07, 6.45) is 0.785. The average Bonchev–Trinajstić information content (AvgIpc) is 2.37. The van der Waals surface area contributed by atoms with Crippen molar-refractivity contribution in [1.29, 1.82) is 0 Å². The highest BCUT2D eigenvalue weighted by Crippen LogP contribution is 2.25. The van der Waals surface area contributed by atoms with Crippen LogP contribution in [0.1, 0.15) is 33.9 Å². The molecule has 0 saturated heterocycles. The number of nitrogens with two attached hydrogens (primary N) is 1. The van der Waals surface area contributed by atoms with Crippen LogP contribution in [0.15, 0.2) is 36.4 Å². The Balaban J connectivity index is 2.27. The standard InChI is InChI=1S/C18H23NO/c1-12-5-6-18(20-4)16(8-12)11-17(19)15-9-13(2)7-14(3)10-15/h5-10,17H,11,19H2,1-4H3. The van der Waals surface area contributed by atoms with Gasteiger partial charge >= 0.3 is 0 Å². The first kappa shape index (κ1) is 14.6. The molecule has 2 heteroatoms. The summed E-state index contributed by atoms with van der Waals surface area (Å²) in [5.41, 5.74) is 12.5. The molecule has 20 heavy (non-hydrogen) atoms. The van der Waals surface area contributed by atoms with E-state index >= 15 is 0 Å². The summed E-state index contributed by atoms with van der Waals surface area (Å²) in [6, 6.07) is 12.7. The van der Waals surface area contributed by atoms with Gasteiger partial charge in [0, 0.05) is 6.04 Å². The van der Waals surface area contributed by atoms with Gasteiger partial charge in [-0.3, -0.25) is 0 Å². The number of hydrogen-bond donors (Lipinski definition) is 1. The lowest BCUT2D eigenvalue weighted by Crippen LogP contribution is -2.14. The van der Waals surface area contributed by atoms with E-state index in [1.54, 1.807) is 7.11 Å². The van der Waals surface area contributed by atoms with Crippen LogP contribution >= 0.6 is 0 Å². The van der Waals surface area contributed by atoms with Crippen molar-refractivity contribution in [3.63, 3.8) is 0 Å². The van der Waals surface area contributed by atoms with Crippen molar-refractivity contribution in [3.8, 4) is 5.75 Å². The summed E-state index contributed by atoms with van der Waals surface area (Å²) < 4.78 is 5.43. The summed E-state index contributed by atoms with van der Waals surface area (Å²) in [7, 11) is 1.70. The van der Waals surface area contributed by atoms with E-state index < -0.39 is 0 Å². The van der Waals surface area contributed by atoms with Crippen LogP contribution in [0.4, 0.5) is 0 Å². The molecule has 0 aliphatic rings. The van der Waals surface area contributed by atoms with Crippen molar-refractivity contribution in [2.24, 2.45) is 5.73 Å². The molecule has 2 aromatic rings. The second kappa shape index (κ2) is 6.10. The molecule has 0 radical (unpaired) electrons. The second-order valence-corrected chi connectivity index (χ2v) is 5.55. The van der Waals surface area contributed by atoms with E-state index in [1.165, 1.54) is 27.8 Å². The van der Waals surface area contributed by atoms with Crippen molar-refractivity contribution in [2.75, 3.05) is 7.11 Å². The number of ether oxygens (including phenoxy) is 1. The van der Waals surface area contributed by atoms with E-state index in [9.17, 15) is 0 Å². The van der Waals surface area contributed by atoms with E-state index in [1.807, 2.05) is 6.07 Å². The minimum Gasteiger partial charge on any atom is -0.496 e. The monoisotopic (exact) mass is 269 g/mol. The Bertz CT molecular complexity index is 584. The molecule has 2 rings (SSSR count). The first-order valence-electron chi connectivity index (χ1n) is 6.97. The predicted octanol–water partition coefficient (Wildman–Crippen LogP) is 3.86. The molecule has 0 aliphatic carbocycles. The van der Waals surface area contributed by atoms with Gasteiger partial charge in [-0.15, -0.1) is 0 Å². The van der Waals surface area contributed by atoms with E-state index in [-0.39, 0.29) is 6.04 Å². The average molecular weight is 269 g/mol. The van der Waals surface area contributed by atoms with Crippen LogP contribution in [0.25, 0.3) is 0 Å². The Kier molecular flexibility index (Phi) is 4.46. The second-order valence-electron chi connectivity index (χ2n) is 5.55. The number of methoxy groups -OCH3 is 1. The molecule has 0 aliphatic heterocycles. The highest BCUT2D eigenvalue weighted by atomic mass is 16.5. The molecule has 0 heterocycles. The van der Waals surface area contributed by atoms with Crippen LogP contribution in [0, 0.1) is 20.8 Å². The molecular weight excluding hydrogens is 246 g/mol. The van der Waals surface area contributed by atoms with Gasteiger partial charge in [0.15, 0.2) is 0 Å². The molecular formula is C18H23NO. The van der Waals surface area contributed by atoms with E-state index in [2.05, 4.69) is 51.1 Å². The Labute approximate surface area is 121 Å². The van der Waals surface area contributed by atoms with Gasteiger partial charge in [-0.2, -0.15) is 0 Å². The lowest BCUT2D eigenvalue weighted by atomic mass is 9.95. The van der Waals surface area contributed by atoms with Gasteiger partial charge < -0.3 is 10.5 Å². The van der Waals surface area contributed by atoms with Gasteiger partial charge in [0.1, 0.15) is 5.75 Å². The van der Waals surface area contributed by atoms with Gasteiger partial charge in [0.25, 0.3) is 0 Å². The zero-order valence-corrected chi connectivity index (χ0v) is 12.7. The third-order valence-electron chi connectivity index (χ3n) is 3.55. The fourth-order valence-electron chi connectivity index (χ4n) is 2.65. The summed E-state index contributed by atoms with van der Waals surface area (Å²) in [5, 5.41) is 0. The largest absolute Gasteiger partial charge is 0.496 e. The molecule has 0 saturated carbocycles. The number of rotatable bonds is 4. The zero-order valence-electron chi connectivity index (χ0n) is 12.7. The minimum atomic E-state index is -0.00991.